The van der Waals surface area contributed by atoms with Crippen molar-refractivity contribution in [3.63, 3.8) is 0 Å². The molecule has 0 spiro atoms. The molecule has 0 aliphatic rings. The van der Waals surface area contributed by atoms with Crippen LogP contribution in [-0.4, -0.2) is 12.9 Å². The molecule has 0 bridgehead atoms. The second-order valence-corrected chi connectivity index (χ2v) is 4.49. The van der Waals surface area contributed by atoms with Crippen molar-refractivity contribution in [3.8, 4) is 5.75 Å². The van der Waals surface area contributed by atoms with Crippen LogP contribution in [0.4, 0.5) is 8.78 Å². The predicted octanol–water partition coefficient (Wildman–Crippen LogP) is 3.71. The number of benzene rings is 2. The van der Waals surface area contributed by atoms with Crippen molar-refractivity contribution in [1.82, 2.24) is 0 Å². The van der Waals surface area contributed by atoms with E-state index >= 15 is 0 Å². The number of carbonyl (C=O) groups excluding carboxylic acids is 1. The zero-order valence-corrected chi connectivity index (χ0v) is 11.2. The molecule has 2 rings (SSSR count). The van der Waals surface area contributed by atoms with Gasteiger partial charge in [0.2, 0.25) is 0 Å². The Morgan fingerprint density at radius 1 is 1.20 bits per heavy atom. The lowest BCUT2D eigenvalue weighted by molar-refractivity contribution is 0.0985. The summed E-state index contributed by atoms with van der Waals surface area (Å²) in [4.78, 5) is 12.2. The summed E-state index contributed by atoms with van der Waals surface area (Å²) in [6, 6.07) is 8.41. The number of hydrogen-bond acceptors (Lipinski definition) is 2. The van der Waals surface area contributed by atoms with E-state index in [9.17, 15) is 13.6 Å². The minimum atomic E-state index is -0.636. The first-order chi connectivity index (χ1) is 9.52. The number of methoxy groups -OCH3 is 1. The predicted molar refractivity (Wildman–Crippen MR) is 72.1 cm³/mol. The Bertz CT molecular complexity index is 651. The van der Waals surface area contributed by atoms with Crippen LogP contribution in [0.3, 0.4) is 0 Å². The van der Waals surface area contributed by atoms with Crippen molar-refractivity contribution >= 4 is 5.78 Å². The Labute approximate surface area is 116 Å². The Morgan fingerprint density at radius 2 is 1.95 bits per heavy atom. The number of aryl methyl sites for hydroxylation is 1. The molecule has 2 nitrogen and oxygen atoms in total. The van der Waals surface area contributed by atoms with Gasteiger partial charge in [-0.05, 0) is 42.3 Å². The molecule has 0 N–H and O–H groups in total. The van der Waals surface area contributed by atoms with Gasteiger partial charge in [-0.2, -0.15) is 0 Å². The van der Waals surface area contributed by atoms with Crippen LogP contribution >= 0.6 is 0 Å². The lowest BCUT2D eigenvalue weighted by atomic mass is 9.98. The van der Waals surface area contributed by atoms with Crippen LogP contribution < -0.4 is 4.74 Å². The number of ketones is 1. The largest absolute Gasteiger partial charge is 0.496 e. The summed E-state index contributed by atoms with van der Waals surface area (Å²) >= 11 is 0. The highest BCUT2D eigenvalue weighted by molar-refractivity contribution is 6.00. The average Bonchev–Trinajstić information content (AvgIpc) is 2.42. The molecule has 0 heterocycles. The number of hydrogen-bond donors (Lipinski definition) is 0. The van der Waals surface area contributed by atoms with Gasteiger partial charge in [0.25, 0.3) is 0 Å². The maximum atomic E-state index is 13.8. The van der Waals surface area contributed by atoms with Crippen molar-refractivity contribution < 1.29 is 18.3 Å². The Balaban J connectivity index is 2.36. The van der Waals surface area contributed by atoms with Crippen LogP contribution in [0.25, 0.3) is 0 Å². The molecule has 20 heavy (non-hydrogen) atoms. The van der Waals surface area contributed by atoms with Gasteiger partial charge in [0.15, 0.2) is 5.78 Å². The van der Waals surface area contributed by atoms with E-state index in [1.165, 1.54) is 37.4 Å². The van der Waals surface area contributed by atoms with Gasteiger partial charge in [-0.15, -0.1) is 0 Å². The lowest BCUT2D eigenvalue weighted by Crippen LogP contribution is -2.09. The summed E-state index contributed by atoms with van der Waals surface area (Å²) in [7, 11) is 1.37. The van der Waals surface area contributed by atoms with Gasteiger partial charge >= 0.3 is 0 Å². The van der Waals surface area contributed by atoms with Crippen molar-refractivity contribution in [1.29, 1.82) is 0 Å². The Kier molecular flexibility index (Phi) is 4.13. The molecular weight excluding hydrogens is 262 g/mol. The summed E-state index contributed by atoms with van der Waals surface area (Å²) < 4.78 is 32.0. The van der Waals surface area contributed by atoms with Crippen molar-refractivity contribution in [2.24, 2.45) is 0 Å². The van der Waals surface area contributed by atoms with Crippen LogP contribution in [0.15, 0.2) is 36.4 Å². The topological polar surface area (TPSA) is 26.3 Å². The summed E-state index contributed by atoms with van der Waals surface area (Å²) in [5, 5.41) is 0. The van der Waals surface area contributed by atoms with Gasteiger partial charge in [-0.25, -0.2) is 8.78 Å². The van der Waals surface area contributed by atoms with Gasteiger partial charge in [0.1, 0.15) is 17.4 Å². The first-order valence-electron chi connectivity index (χ1n) is 6.13. The third-order valence-electron chi connectivity index (χ3n) is 3.14. The standard InChI is InChI=1S/C16H14F2O2/c1-10-6-7-12(17)8-11(10)9-14(19)16-13(18)4-3-5-15(16)20-2/h3-8H,9H2,1-2H3. The maximum absolute atomic E-state index is 13.8. The molecule has 0 aliphatic carbocycles. The lowest BCUT2D eigenvalue weighted by Gasteiger charge is -2.10. The first kappa shape index (κ1) is 14.2. The second kappa shape index (κ2) is 5.82. The molecule has 0 amide bonds. The third kappa shape index (κ3) is 2.85. The monoisotopic (exact) mass is 276 g/mol. The minimum Gasteiger partial charge on any atom is -0.496 e. The molecule has 0 fully saturated rings. The number of ether oxygens (including phenoxy) is 1. The van der Waals surface area contributed by atoms with Crippen LogP contribution in [0.1, 0.15) is 21.5 Å². The highest BCUT2D eigenvalue weighted by atomic mass is 19.1. The van der Waals surface area contributed by atoms with E-state index in [0.29, 0.717) is 5.56 Å². The second-order valence-electron chi connectivity index (χ2n) is 4.49. The van der Waals surface area contributed by atoms with Crippen LogP contribution in [-0.2, 0) is 6.42 Å². The van der Waals surface area contributed by atoms with Gasteiger partial charge in [0, 0.05) is 6.42 Å². The zero-order valence-electron chi connectivity index (χ0n) is 11.2. The molecule has 2 aromatic carbocycles. The molecule has 0 saturated heterocycles. The average molecular weight is 276 g/mol. The van der Waals surface area contributed by atoms with E-state index in [-0.39, 0.29) is 17.7 Å². The van der Waals surface area contributed by atoms with Gasteiger partial charge < -0.3 is 4.74 Å². The van der Waals surface area contributed by atoms with E-state index in [1.54, 1.807) is 13.0 Å². The molecule has 0 unspecified atom stereocenters. The quantitative estimate of drug-likeness (QED) is 0.796. The maximum Gasteiger partial charge on any atom is 0.173 e. The Hall–Kier alpha value is -2.23. The highest BCUT2D eigenvalue weighted by Crippen LogP contribution is 2.23. The fourth-order valence-corrected chi connectivity index (χ4v) is 2.04. The van der Waals surface area contributed by atoms with Gasteiger partial charge in [0.05, 0.1) is 12.7 Å². The van der Waals surface area contributed by atoms with Gasteiger partial charge in [-0.3, -0.25) is 4.79 Å². The zero-order chi connectivity index (χ0) is 14.7. The SMILES string of the molecule is COc1cccc(F)c1C(=O)Cc1cc(F)ccc1C. The van der Waals surface area contributed by atoms with E-state index in [0.717, 1.165) is 5.56 Å². The first-order valence-corrected chi connectivity index (χ1v) is 6.13. The molecule has 0 atom stereocenters. The summed E-state index contributed by atoms with van der Waals surface area (Å²) in [5.74, 6) is -1.31. The van der Waals surface area contributed by atoms with Gasteiger partial charge in [-0.1, -0.05) is 12.1 Å². The molecule has 104 valence electrons. The van der Waals surface area contributed by atoms with Crippen LogP contribution in [0, 0.1) is 18.6 Å². The molecule has 0 aliphatic heterocycles. The number of Topliss-reactive ketones (excluding diaryl/α,β-unsaturated/α-hetero) is 1. The highest BCUT2D eigenvalue weighted by Gasteiger charge is 2.18. The van der Waals surface area contributed by atoms with Crippen molar-refractivity contribution in [3.05, 3.63) is 64.7 Å². The summed E-state index contributed by atoms with van der Waals surface area (Å²) in [5.41, 5.74) is 1.23. The molecule has 2 aromatic rings. The van der Waals surface area contributed by atoms with Crippen molar-refractivity contribution in [2.45, 2.75) is 13.3 Å². The molecule has 0 radical (unpaired) electrons. The smallest absolute Gasteiger partial charge is 0.173 e. The fraction of sp³-hybridized carbons (Fsp3) is 0.188. The normalized spacial score (nSPS) is 10.4. The minimum absolute atomic E-state index is 0.0686. The molecule has 4 heteroatoms. The van der Waals surface area contributed by atoms with Crippen LogP contribution in [0.5, 0.6) is 5.75 Å². The van der Waals surface area contributed by atoms with Crippen LogP contribution in [0.2, 0.25) is 0 Å². The number of carbonyl (C=O) groups is 1. The van der Waals surface area contributed by atoms with Crippen molar-refractivity contribution in [2.75, 3.05) is 7.11 Å². The van der Waals surface area contributed by atoms with E-state index < -0.39 is 17.4 Å². The fourth-order valence-electron chi connectivity index (χ4n) is 2.04. The number of halogens is 2. The summed E-state index contributed by atoms with van der Waals surface area (Å²) in [6.45, 7) is 1.78. The molecular formula is C16H14F2O2. The van der Waals surface area contributed by atoms with E-state index in [1.807, 2.05) is 0 Å². The third-order valence-corrected chi connectivity index (χ3v) is 3.14. The summed E-state index contributed by atoms with van der Waals surface area (Å²) in [6.07, 6.45) is -0.0686. The Morgan fingerprint density at radius 3 is 2.65 bits per heavy atom. The number of rotatable bonds is 4. The van der Waals surface area contributed by atoms with E-state index in [2.05, 4.69) is 0 Å². The molecule has 0 saturated carbocycles. The molecule has 0 aromatic heterocycles. The van der Waals surface area contributed by atoms with E-state index in [4.69, 9.17) is 4.74 Å².